The van der Waals surface area contributed by atoms with Crippen LogP contribution in [0.1, 0.15) is 64.7 Å². The van der Waals surface area contributed by atoms with Crippen LogP contribution in [0.15, 0.2) is 73.1 Å². The van der Waals surface area contributed by atoms with Crippen molar-refractivity contribution in [1.29, 1.82) is 0 Å². The number of hydrogen-bond donors (Lipinski definition) is 0. The van der Waals surface area contributed by atoms with E-state index in [-0.39, 0.29) is 17.8 Å². The Morgan fingerprint density at radius 1 is 0.865 bits per heavy atom. The second-order valence-corrected chi connectivity index (χ2v) is 10.2. The fraction of sp³-hybridized carbons (Fsp3) is 0.267. The SMILES string of the molecule is CC(C)(C)OC(=O)c1ccc2c(-c3ccccn3)cn(CCCCN3C(=O)c4ccccc4C3=O)c2c1. The van der Waals surface area contributed by atoms with Gasteiger partial charge in [-0.2, -0.15) is 0 Å². The molecule has 1 aliphatic heterocycles. The van der Waals surface area contributed by atoms with Crippen molar-refractivity contribution in [3.05, 3.63) is 89.7 Å². The zero-order valence-electron chi connectivity index (χ0n) is 21.2. The maximum absolute atomic E-state index is 12.7. The van der Waals surface area contributed by atoms with Gasteiger partial charge in [0.15, 0.2) is 0 Å². The first kappa shape index (κ1) is 24.4. The summed E-state index contributed by atoms with van der Waals surface area (Å²) >= 11 is 0. The Labute approximate surface area is 215 Å². The van der Waals surface area contributed by atoms with Gasteiger partial charge in [0.25, 0.3) is 11.8 Å². The quantitative estimate of drug-likeness (QED) is 0.186. The average molecular weight is 496 g/mol. The first-order valence-corrected chi connectivity index (χ1v) is 12.5. The number of imide groups is 1. The minimum atomic E-state index is -0.586. The number of carbonyl (C=O) groups is 3. The van der Waals surface area contributed by atoms with Crippen LogP contribution in [0, 0.1) is 0 Å². The molecule has 188 valence electrons. The lowest BCUT2D eigenvalue weighted by Gasteiger charge is -2.19. The minimum absolute atomic E-state index is 0.230. The van der Waals surface area contributed by atoms with Crippen LogP contribution < -0.4 is 0 Å². The molecule has 37 heavy (non-hydrogen) atoms. The number of ether oxygens (including phenoxy) is 1. The van der Waals surface area contributed by atoms with Gasteiger partial charge in [-0.15, -0.1) is 0 Å². The predicted octanol–water partition coefficient (Wildman–Crippen LogP) is 5.74. The highest BCUT2D eigenvalue weighted by atomic mass is 16.6. The first-order chi connectivity index (χ1) is 17.7. The molecule has 0 saturated heterocycles. The van der Waals surface area contributed by atoms with E-state index >= 15 is 0 Å². The van der Waals surface area contributed by atoms with Crippen LogP contribution in [-0.4, -0.2) is 44.4 Å². The highest BCUT2D eigenvalue weighted by Gasteiger charge is 2.34. The topological polar surface area (TPSA) is 81.5 Å². The van der Waals surface area contributed by atoms with E-state index in [1.807, 2.05) is 57.3 Å². The highest BCUT2D eigenvalue weighted by molar-refractivity contribution is 6.21. The Balaban J connectivity index is 1.36. The molecular weight excluding hydrogens is 466 g/mol. The lowest BCUT2D eigenvalue weighted by Crippen LogP contribution is -2.30. The van der Waals surface area contributed by atoms with Crippen LogP contribution in [0.2, 0.25) is 0 Å². The largest absolute Gasteiger partial charge is 0.456 e. The van der Waals surface area contributed by atoms with Crippen LogP contribution in [0.5, 0.6) is 0 Å². The number of aryl methyl sites for hydroxylation is 1. The summed E-state index contributed by atoms with van der Waals surface area (Å²) in [5.41, 5.74) is 3.58. The third kappa shape index (κ3) is 4.89. The summed E-state index contributed by atoms with van der Waals surface area (Å²) < 4.78 is 7.68. The molecule has 0 aliphatic carbocycles. The number of unbranched alkanes of at least 4 members (excludes halogenated alkanes) is 1. The lowest BCUT2D eigenvalue weighted by atomic mass is 10.1. The number of nitrogens with zero attached hydrogens (tertiary/aromatic N) is 3. The molecule has 0 unspecified atom stereocenters. The van der Waals surface area contributed by atoms with Gasteiger partial charge in [-0.1, -0.05) is 24.3 Å². The Kier molecular flexibility index (Phi) is 6.38. The summed E-state index contributed by atoms with van der Waals surface area (Å²) in [5, 5.41) is 0.992. The van der Waals surface area contributed by atoms with Crippen LogP contribution in [-0.2, 0) is 11.3 Å². The van der Waals surface area contributed by atoms with Crippen molar-refractivity contribution in [2.24, 2.45) is 0 Å². The average Bonchev–Trinajstić information content (AvgIpc) is 3.36. The number of benzene rings is 2. The van der Waals surface area contributed by atoms with E-state index in [9.17, 15) is 14.4 Å². The van der Waals surface area contributed by atoms with Crippen molar-refractivity contribution < 1.29 is 19.1 Å². The smallest absolute Gasteiger partial charge is 0.338 e. The van der Waals surface area contributed by atoms with Crippen molar-refractivity contribution in [3.8, 4) is 11.3 Å². The number of carbonyl (C=O) groups excluding carboxylic acids is 3. The van der Waals surface area contributed by atoms with Gasteiger partial charge in [-0.05, 0) is 70.0 Å². The molecule has 2 amide bonds. The third-order valence-corrected chi connectivity index (χ3v) is 6.37. The molecule has 2 aromatic heterocycles. The Bertz CT molecular complexity index is 1460. The number of hydrogen-bond acceptors (Lipinski definition) is 5. The van der Waals surface area contributed by atoms with Gasteiger partial charge in [0.2, 0.25) is 0 Å². The molecular formula is C30H29N3O4. The van der Waals surface area contributed by atoms with Gasteiger partial charge in [-0.3, -0.25) is 19.5 Å². The summed E-state index contributed by atoms with van der Waals surface area (Å²) in [6.45, 7) is 6.56. The standard InChI is InChI=1S/C30H29N3O4/c1-30(2,3)37-29(36)20-13-14-21-24(25-12-6-7-15-31-25)19-32(26(21)18-20)16-8-9-17-33-27(34)22-10-4-5-11-23(22)28(33)35/h4-7,10-15,18-19H,8-9,16-17H2,1-3H3. The zero-order chi connectivity index (χ0) is 26.2. The van der Waals surface area contributed by atoms with E-state index < -0.39 is 5.60 Å². The fourth-order valence-electron chi connectivity index (χ4n) is 4.66. The van der Waals surface area contributed by atoms with E-state index in [2.05, 4.69) is 9.55 Å². The van der Waals surface area contributed by atoms with Crippen molar-refractivity contribution in [3.63, 3.8) is 0 Å². The maximum atomic E-state index is 12.7. The Morgan fingerprint density at radius 2 is 1.54 bits per heavy atom. The molecule has 3 heterocycles. The predicted molar refractivity (Wildman–Crippen MR) is 141 cm³/mol. The van der Waals surface area contributed by atoms with Gasteiger partial charge in [-0.25, -0.2) is 4.79 Å². The number of aromatic nitrogens is 2. The van der Waals surface area contributed by atoms with Crippen molar-refractivity contribution >= 4 is 28.7 Å². The second-order valence-electron chi connectivity index (χ2n) is 10.2. The third-order valence-electron chi connectivity index (χ3n) is 6.37. The molecule has 0 radical (unpaired) electrons. The number of pyridine rings is 1. The van der Waals surface area contributed by atoms with Crippen LogP contribution >= 0.6 is 0 Å². The number of amides is 2. The summed E-state index contributed by atoms with van der Waals surface area (Å²) in [5.74, 6) is -0.829. The minimum Gasteiger partial charge on any atom is -0.456 e. The van der Waals surface area contributed by atoms with E-state index in [4.69, 9.17) is 4.74 Å². The molecule has 0 atom stereocenters. The molecule has 7 heteroatoms. The molecule has 1 aliphatic rings. The molecule has 0 N–H and O–H groups in total. The maximum Gasteiger partial charge on any atom is 0.338 e. The van der Waals surface area contributed by atoms with Gasteiger partial charge in [0.05, 0.1) is 22.4 Å². The number of fused-ring (bicyclic) bond motifs is 2. The molecule has 4 aromatic rings. The van der Waals surface area contributed by atoms with Crippen LogP contribution in [0.3, 0.4) is 0 Å². The van der Waals surface area contributed by atoms with E-state index in [1.165, 1.54) is 4.90 Å². The molecule has 2 aromatic carbocycles. The summed E-state index contributed by atoms with van der Waals surface area (Å²) in [6.07, 6.45) is 5.22. The molecule has 0 bridgehead atoms. The molecule has 7 nitrogen and oxygen atoms in total. The Morgan fingerprint density at radius 3 is 2.19 bits per heavy atom. The van der Waals surface area contributed by atoms with E-state index in [1.54, 1.807) is 36.5 Å². The highest BCUT2D eigenvalue weighted by Crippen LogP contribution is 2.31. The number of rotatable bonds is 7. The molecule has 0 fully saturated rings. The summed E-state index contributed by atoms with van der Waals surface area (Å²) in [6, 6.07) is 18.3. The van der Waals surface area contributed by atoms with Crippen LogP contribution in [0.4, 0.5) is 0 Å². The van der Waals surface area contributed by atoms with Crippen molar-refractivity contribution in [2.75, 3.05) is 6.54 Å². The van der Waals surface area contributed by atoms with Gasteiger partial charge in [0, 0.05) is 41.9 Å². The second kappa shape index (κ2) is 9.65. The van der Waals surface area contributed by atoms with Gasteiger partial charge >= 0.3 is 5.97 Å². The van der Waals surface area contributed by atoms with Crippen molar-refractivity contribution in [1.82, 2.24) is 14.5 Å². The zero-order valence-corrected chi connectivity index (χ0v) is 21.2. The van der Waals surface area contributed by atoms with Crippen LogP contribution in [0.25, 0.3) is 22.2 Å². The van der Waals surface area contributed by atoms with Gasteiger partial charge < -0.3 is 9.30 Å². The van der Waals surface area contributed by atoms with Crippen molar-refractivity contribution in [2.45, 2.75) is 45.8 Å². The molecule has 5 rings (SSSR count). The summed E-state index contributed by atoms with van der Waals surface area (Å²) in [7, 11) is 0. The fourth-order valence-corrected chi connectivity index (χ4v) is 4.66. The van der Waals surface area contributed by atoms with E-state index in [0.29, 0.717) is 36.2 Å². The Hall–Kier alpha value is -4.26. The number of esters is 1. The lowest BCUT2D eigenvalue weighted by molar-refractivity contribution is 0.00693. The first-order valence-electron chi connectivity index (χ1n) is 12.5. The molecule has 0 saturated carbocycles. The van der Waals surface area contributed by atoms with E-state index in [0.717, 1.165) is 28.6 Å². The normalized spacial score (nSPS) is 13.3. The summed E-state index contributed by atoms with van der Waals surface area (Å²) in [4.78, 5) is 43.9. The van der Waals surface area contributed by atoms with Gasteiger partial charge in [0.1, 0.15) is 5.60 Å². The monoisotopic (exact) mass is 495 g/mol. The molecule has 0 spiro atoms.